The SMILES string of the molecule is Cc1cn(-c2ccc(C=CN3CN4CCCC(c5ccccc5C(F)(F)F)C4=N3)nc2F)cn1. The molecule has 0 radical (unpaired) electrons. The predicted molar refractivity (Wildman–Crippen MR) is 119 cm³/mol. The molecule has 1 fully saturated rings. The maximum Gasteiger partial charge on any atom is 0.416 e. The molecule has 0 aliphatic carbocycles. The Morgan fingerprint density at radius 1 is 1.12 bits per heavy atom. The zero-order valence-corrected chi connectivity index (χ0v) is 18.4. The van der Waals surface area contributed by atoms with Gasteiger partial charge in [0.05, 0.1) is 23.3 Å². The molecular weight excluding hydrogens is 448 g/mol. The summed E-state index contributed by atoms with van der Waals surface area (Å²) in [5, 5.41) is 6.23. The fourth-order valence-electron chi connectivity index (χ4n) is 4.44. The van der Waals surface area contributed by atoms with E-state index in [4.69, 9.17) is 0 Å². The van der Waals surface area contributed by atoms with E-state index in [0.717, 1.165) is 24.7 Å². The van der Waals surface area contributed by atoms with Crippen molar-refractivity contribution in [3.63, 3.8) is 0 Å². The number of hydrogen-bond acceptors (Lipinski definition) is 5. The molecule has 1 atom stereocenters. The van der Waals surface area contributed by atoms with Crippen LogP contribution >= 0.6 is 0 Å². The number of nitrogens with zero attached hydrogens (tertiary/aromatic N) is 6. The van der Waals surface area contributed by atoms with Crippen LogP contribution in [-0.4, -0.2) is 43.5 Å². The highest BCUT2D eigenvalue weighted by atomic mass is 19.4. The number of hydrazone groups is 1. The summed E-state index contributed by atoms with van der Waals surface area (Å²) in [5.74, 6) is -0.440. The number of aryl methyl sites for hydroxylation is 1. The van der Waals surface area contributed by atoms with Crippen LogP contribution in [0.1, 0.15) is 41.3 Å². The monoisotopic (exact) mass is 470 g/mol. The average Bonchev–Trinajstić information content (AvgIpc) is 3.43. The minimum atomic E-state index is -4.42. The molecule has 176 valence electrons. The van der Waals surface area contributed by atoms with Crippen LogP contribution in [0.2, 0.25) is 0 Å². The van der Waals surface area contributed by atoms with E-state index < -0.39 is 23.6 Å². The highest BCUT2D eigenvalue weighted by Gasteiger charge is 2.39. The summed E-state index contributed by atoms with van der Waals surface area (Å²) in [6.07, 6.45) is 3.48. The first-order valence-corrected chi connectivity index (χ1v) is 10.9. The summed E-state index contributed by atoms with van der Waals surface area (Å²) < 4.78 is 56.8. The van der Waals surface area contributed by atoms with E-state index in [-0.39, 0.29) is 5.56 Å². The van der Waals surface area contributed by atoms with E-state index in [1.54, 1.807) is 46.2 Å². The second kappa shape index (κ2) is 8.58. The van der Waals surface area contributed by atoms with E-state index in [0.29, 0.717) is 30.3 Å². The van der Waals surface area contributed by atoms with E-state index in [9.17, 15) is 17.6 Å². The fraction of sp³-hybridized carbons (Fsp3) is 0.292. The molecule has 2 aliphatic rings. The van der Waals surface area contributed by atoms with Gasteiger partial charge in [0.25, 0.3) is 0 Å². The molecule has 4 heterocycles. The Hall–Kier alpha value is -3.69. The Morgan fingerprint density at radius 2 is 1.94 bits per heavy atom. The lowest BCUT2D eigenvalue weighted by Gasteiger charge is -2.32. The molecule has 2 aliphatic heterocycles. The third-order valence-electron chi connectivity index (χ3n) is 6.00. The zero-order chi connectivity index (χ0) is 23.9. The Labute approximate surface area is 193 Å². The van der Waals surface area contributed by atoms with E-state index in [1.165, 1.54) is 18.5 Å². The summed E-state index contributed by atoms with van der Waals surface area (Å²) in [6.45, 7) is 2.96. The van der Waals surface area contributed by atoms with Crippen LogP contribution in [-0.2, 0) is 6.18 Å². The predicted octanol–water partition coefficient (Wildman–Crippen LogP) is 5.17. The number of aromatic nitrogens is 3. The van der Waals surface area contributed by atoms with Crippen LogP contribution in [0.15, 0.2) is 60.2 Å². The molecular formula is C24H22F4N6. The Bertz CT molecular complexity index is 1260. The van der Waals surface area contributed by atoms with Gasteiger partial charge < -0.3 is 9.47 Å². The molecule has 0 bridgehead atoms. The first-order valence-electron chi connectivity index (χ1n) is 10.9. The molecule has 1 unspecified atom stereocenters. The molecule has 3 aromatic rings. The van der Waals surface area contributed by atoms with E-state index in [1.807, 2.05) is 11.8 Å². The van der Waals surface area contributed by atoms with Crippen molar-refractivity contribution >= 4 is 11.9 Å². The van der Waals surface area contributed by atoms with Gasteiger partial charge in [-0.15, -0.1) is 0 Å². The number of pyridine rings is 1. The van der Waals surface area contributed by atoms with E-state index >= 15 is 0 Å². The minimum absolute atomic E-state index is 0.248. The van der Waals surface area contributed by atoms with Crippen molar-refractivity contribution in [3.8, 4) is 5.69 Å². The molecule has 10 heteroatoms. The smallest absolute Gasteiger partial charge is 0.339 e. The highest BCUT2D eigenvalue weighted by Crippen LogP contribution is 2.40. The largest absolute Gasteiger partial charge is 0.416 e. The molecule has 5 rings (SSSR count). The first kappa shape index (κ1) is 22.1. The molecule has 34 heavy (non-hydrogen) atoms. The third-order valence-corrected chi connectivity index (χ3v) is 6.00. The second-order valence-corrected chi connectivity index (χ2v) is 8.37. The van der Waals surface area contributed by atoms with Gasteiger partial charge in [-0.2, -0.15) is 22.7 Å². The number of hydrogen-bond donors (Lipinski definition) is 0. The van der Waals surface area contributed by atoms with Gasteiger partial charge in [0.2, 0.25) is 5.95 Å². The van der Waals surface area contributed by atoms with Crippen LogP contribution < -0.4 is 0 Å². The summed E-state index contributed by atoms with van der Waals surface area (Å²) in [4.78, 5) is 10.1. The molecule has 0 amide bonds. The van der Waals surface area contributed by atoms with Crippen molar-refractivity contribution in [1.29, 1.82) is 0 Å². The van der Waals surface area contributed by atoms with Gasteiger partial charge >= 0.3 is 6.18 Å². The number of imidazole rings is 1. The maximum atomic E-state index is 14.5. The van der Waals surface area contributed by atoms with Crippen molar-refractivity contribution in [3.05, 3.63) is 83.6 Å². The van der Waals surface area contributed by atoms with Gasteiger partial charge in [-0.1, -0.05) is 18.2 Å². The summed E-state index contributed by atoms with van der Waals surface area (Å²) >= 11 is 0. The summed E-state index contributed by atoms with van der Waals surface area (Å²) in [7, 11) is 0. The number of alkyl halides is 3. The normalized spacial score (nSPS) is 18.5. The van der Waals surface area contributed by atoms with Crippen LogP contribution in [0.25, 0.3) is 11.8 Å². The molecule has 0 saturated carbocycles. The van der Waals surface area contributed by atoms with Gasteiger partial charge in [-0.3, -0.25) is 5.01 Å². The van der Waals surface area contributed by atoms with Crippen molar-refractivity contribution in [2.75, 3.05) is 13.2 Å². The zero-order valence-electron chi connectivity index (χ0n) is 18.4. The number of fused-ring (bicyclic) bond motifs is 1. The number of rotatable bonds is 4. The fourth-order valence-corrected chi connectivity index (χ4v) is 4.44. The Kier molecular flexibility index (Phi) is 5.59. The molecule has 1 saturated heterocycles. The number of benzene rings is 1. The second-order valence-electron chi connectivity index (χ2n) is 8.37. The van der Waals surface area contributed by atoms with Crippen LogP contribution in [0.4, 0.5) is 17.6 Å². The van der Waals surface area contributed by atoms with E-state index in [2.05, 4.69) is 15.1 Å². The Balaban J connectivity index is 1.37. The Morgan fingerprint density at radius 3 is 2.68 bits per heavy atom. The topological polar surface area (TPSA) is 49.5 Å². The number of piperidine rings is 1. The lowest BCUT2D eigenvalue weighted by Crippen LogP contribution is -2.38. The van der Waals surface area contributed by atoms with Gasteiger partial charge in [-0.05, 0) is 49.6 Å². The van der Waals surface area contributed by atoms with Gasteiger partial charge in [0.15, 0.2) is 0 Å². The number of halogens is 4. The first-order chi connectivity index (χ1) is 16.3. The van der Waals surface area contributed by atoms with Crippen LogP contribution in [0, 0.1) is 12.9 Å². The van der Waals surface area contributed by atoms with Gasteiger partial charge in [0, 0.05) is 24.9 Å². The highest BCUT2D eigenvalue weighted by molar-refractivity contribution is 5.91. The summed E-state index contributed by atoms with van der Waals surface area (Å²) in [6, 6.07) is 9.00. The lowest BCUT2D eigenvalue weighted by atomic mass is 9.86. The average molecular weight is 470 g/mol. The van der Waals surface area contributed by atoms with Gasteiger partial charge in [-0.25, -0.2) is 9.97 Å². The van der Waals surface area contributed by atoms with Gasteiger partial charge in [0.1, 0.15) is 18.2 Å². The van der Waals surface area contributed by atoms with Crippen molar-refractivity contribution in [2.24, 2.45) is 5.10 Å². The maximum absolute atomic E-state index is 14.5. The van der Waals surface area contributed by atoms with Crippen molar-refractivity contribution in [2.45, 2.75) is 31.9 Å². The third kappa shape index (κ3) is 4.27. The summed E-state index contributed by atoms with van der Waals surface area (Å²) in [5.41, 5.74) is 1.10. The molecule has 2 aromatic heterocycles. The van der Waals surface area contributed by atoms with Crippen molar-refractivity contribution < 1.29 is 17.6 Å². The molecule has 0 spiro atoms. The van der Waals surface area contributed by atoms with Crippen LogP contribution in [0.5, 0.6) is 0 Å². The van der Waals surface area contributed by atoms with Crippen molar-refractivity contribution in [1.82, 2.24) is 24.4 Å². The van der Waals surface area contributed by atoms with Crippen LogP contribution in [0.3, 0.4) is 0 Å². The number of amidine groups is 1. The molecule has 0 N–H and O–H groups in total. The molecule has 1 aromatic carbocycles. The molecule has 6 nitrogen and oxygen atoms in total. The lowest BCUT2D eigenvalue weighted by molar-refractivity contribution is -0.138. The quantitative estimate of drug-likeness (QED) is 0.390. The minimum Gasteiger partial charge on any atom is -0.339 e. The standard InChI is InChI=1S/C24H22F4N6/c1-16-13-33(14-29-16)21-9-8-17(30-22(21)25)10-12-34-15-32-11-4-6-19(23(32)31-34)18-5-2-3-7-20(18)24(26,27)28/h2-3,5,7-10,12-14,19H,4,6,11,15H2,1H3.